The number of benzene rings is 2. The first-order chi connectivity index (χ1) is 14.9. The Morgan fingerprint density at radius 1 is 1.10 bits per heavy atom. The van der Waals surface area contributed by atoms with E-state index in [0.717, 1.165) is 5.56 Å². The highest BCUT2D eigenvalue weighted by molar-refractivity contribution is 7.89. The predicted octanol–water partition coefficient (Wildman–Crippen LogP) is 2.38. The van der Waals surface area contributed by atoms with Crippen molar-refractivity contribution in [1.29, 1.82) is 0 Å². The van der Waals surface area contributed by atoms with Gasteiger partial charge in [-0.15, -0.1) is 0 Å². The Kier molecular flexibility index (Phi) is 7.81. The van der Waals surface area contributed by atoms with E-state index < -0.39 is 16.1 Å². The lowest BCUT2D eigenvalue weighted by atomic mass is 9.97. The summed E-state index contributed by atoms with van der Waals surface area (Å²) in [6, 6.07) is 16.3. The molecule has 2 unspecified atom stereocenters. The van der Waals surface area contributed by atoms with Crippen molar-refractivity contribution in [3.05, 3.63) is 66.2 Å². The standard InChI is InChI=1S/C23H28N2O5S/c1-2-30-23(27)19-12-9-15-25(17-19)22(26)21(16-18-10-5-3-6-11-18)24-31(28,29)20-13-7-4-8-14-20/h3-8,10-11,13-14,19,21,24H,2,9,12,15-17H2,1H3. The van der Waals surface area contributed by atoms with Gasteiger partial charge in [-0.3, -0.25) is 9.59 Å². The fourth-order valence-corrected chi connectivity index (χ4v) is 4.94. The van der Waals surface area contributed by atoms with Gasteiger partial charge in [0.15, 0.2) is 0 Å². The molecule has 166 valence electrons. The molecule has 1 saturated heterocycles. The minimum absolute atomic E-state index is 0.101. The van der Waals surface area contributed by atoms with Crippen molar-refractivity contribution in [1.82, 2.24) is 9.62 Å². The lowest BCUT2D eigenvalue weighted by molar-refractivity contribution is -0.151. The smallest absolute Gasteiger partial charge is 0.310 e. The number of nitrogens with zero attached hydrogens (tertiary/aromatic N) is 1. The first-order valence-electron chi connectivity index (χ1n) is 10.5. The molecule has 1 aliphatic heterocycles. The van der Waals surface area contributed by atoms with Crippen molar-refractivity contribution < 1.29 is 22.7 Å². The second kappa shape index (κ2) is 10.5. The lowest BCUT2D eigenvalue weighted by Gasteiger charge is -2.34. The van der Waals surface area contributed by atoms with Gasteiger partial charge in [-0.05, 0) is 43.9 Å². The SMILES string of the molecule is CCOC(=O)C1CCCN(C(=O)C(Cc2ccccc2)NS(=O)(=O)c2ccccc2)C1. The molecule has 1 N–H and O–H groups in total. The summed E-state index contributed by atoms with van der Waals surface area (Å²) in [5.74, 6) is -1.04. The van der Waals surface area contributed by atoms with Crippen LogP contribution >= 0.6 is 0 Å². The quantitative estimate of drug-likeness (QED) is 0.631. The van der Waals surface area contributed by atoms with Gasteiger partial charge in [-0.1, -0.05) is 48.5 Å². The van der Waals surface area contributed by atoms with Gasteiger partial charge in [0.2, 0.25) is 15.9 Å². The molecule has 0 spiro atoms. The second-order valence-corrected chi connectivity index (χ2v) is 9.27. The Hall–Kier alpha value is -2.71. The van der Waals surface area contributed by atoms with Gasteiger partial charge in [0.25, 0.3) is 0 Å². The zero-order valence-electron chi connectivity index (χ0n) is 17.6. The number of nitrogens with one attached hydrogen (secondary N) is 1. The summed E-state index contributed by atoms with van der Waals surface area (Å²) >= 11 is 0. The summed E-state index contributed by atoms with van der Waals surface area (Å²) in [7, 11) is -3.89. The Bertz CT molecular complexity index is 980. The van der Waals surface area contributed by atoms with Crippen LogP contribution < -0.4 is 4.72 Å². The van der Waals surface area contributed by atoms with Crippen LogP contribution in [-0.4, -0.2) is 50.9 Å². The third-order valence-electron chi connectivity index (χ3n) is 5.28. The maximum Gasteiger partial charge on any atom is 0.310 e. The molecule has 1 amide bonds. The highest BCUT2D eigenvalue weighted by Crippen LogP contribution is 2.20. The average molecular weight is 445 g/mol. The van der Waals surface area contributed by atoms with Crippen molar-refractivity contribution in [3.63, 3.8) is 0 Å². The number of sulfonamides is 1. The summed E-state index contributed by atoms with van der Waals surface area (Å²) in [6.45, 7) is 2.75. The van der Waals surface area contributed by atoms with Crippen molar-refractivity contribution in [3.8, 4) is 0 Å². The van der Waals surface area contributed by atoms with E-state index in [1.165, 1.54) is 12.1 Å². The third-order valence-corrected chi connectivity index (χ3v) is 6.77. The highest BCUT2D eigenvalue weighted by Gasteiger charge is 2.34. The normalized spacial score (nSPS) is 17.7. The predicted molar refractivity (Wildman–Crippen MR) is 117 cm³/mol. The molecule has 2 aromatic rings. The van der Waals surface area contributed by atoms with E-state index >= 15 is 0 Å². The fraction of sp³-hybridized carbons (Fsp3) is 0.391. The van der Waals surface area contributed by atoms with E-state index in [-0.39, 0.29) is 42.3 Å². The molecule has 8 heteroatoms. The van der Waals surface area contributed by atoms with Crippen LogP contribution in [-0.2, 0) is 30.8 Å². The maximum atomic E-state index is 13.4. The number of hydrogen-bond donors (Lipinski definition) is 1. The largest absolute Gasteiger partial charge is 0.466 e. The molecule has 0 aromatic heterocycles. The van der Waals surface area contributed by atoms with Crippen molar-refractivity contribution in [2.75, 3.05) is 19.7 Å². The summed E-state index contributed by atoms with van der Waals surface area (Å²) in [5, 5.41) is 0. The van der Waals surface area contributed by atoms with Crippen LogP contribution in [0.3, 0.4) is 0 Å². The van der Waals surface area contributed by atoms with Crippen LogP contribution in [0.25, 0.3) is 0 Å². The number of amides is 1. The van der Waals surface area contributed by atoms with E-state index in [2.05, 4.69) is 4.72 Å². The molecular formula is C23H28N2O5S. The van der Waals surface area contributed by atoms with Crippen molar-refractivity contribution in [2.45, 2.75) is 37.1 Å². The summed E-state index contributed by atoms with van der Waals surface area (Å²) < 4.78 is 33.5. The Morgan fingerprint density at radius 3 is 2.39 bits per heavy atom. The summed E-state index contributed by atoms with van der Waals surface area (Å²) in [6.07, 6.45) is 1.53. The monoisotopic (exact) mass is 444 g/mol. The number of esters is 1. The number of carbonyl (C=O) groups is 2. The minimum atomic E-state index is -3.89. The Morgan fingerprint density at radius 2 is 1.74 bits per heavy atom. The fourth-order valence-electron chi connectivity index (χ4n) is 3.73. The van der Waals surface area contributed by atoms with E-state index in [9.17, 15) is 18.0 Å². The number of hydrogen-bond acceptors (Lipinski definition) is 5. The molecular weight excluding hydrogens is 416 g/mol. The zero-order chi connectivity index (χ0) is 22.3. The summed E-state index contributed by atoms with van der Waals surface area (Å²) in [5.41, 5.74) is 0.843. The van der Waals surface area contributed by atoms with Gasteiger partial charge in [0.1, 0.15) is 6.04 Å². The van der Waals surface area contributed by atoms with Crippen molar-refractivity contribution >= 4 is 21.9 Å². The number of piperidine rings is 1. The highest BCUT2D eigenvalue weighted by atomic mass is 32.2. The van der Waals surface area contributed by atoms with Crippen LogP contribution in [0.2, 0.25) is 0 Å². The van der Waals surface area contributed by atoms with Crippen LogP contribution in [0.4, 0.5) is 0 Å². The van der Waals surface area contributed by atoms with E-state index in [1.54, 1.807) is 30.0 Å². The minimum Gasteiger partial charge on any atom is -0.466 e. The number of likely N-dealkylation sites (tertiary alicyclic amines) is 1. The Balaban J connectivity index is 1.81. The molecule has 1 fully saturated rings. The lowest BCUT2D eigenvalue weighted by Crippen LogP contribution is -2.53. The molecule has 31 heavy (non-hydrogen) atoms. The van der Waals surface area contributed by atoms with Gasteiger partial charge in [0, 0.05) is 13.1 Å². The van der Waals surface area contributed by atoms with Crippen LogP contribution in [0, 0.1) is 5.92 Å². The molecule has 1 heterocycles. The molecule has 0 saturated carbocycles. The van der Waals surface area contributed by atoms with Gasteiger partial charge < -0.3 is 9.64 Å². The van der Waals surface area contributed by atoms with Crippen LogP contribution in [0.15, 0.2) is 65.6 Å². The zero-order valence-corrected chi connectivity index (χ0v) is 18.4. The van der Waals surface area contributed by atoms with Gasteiger partial charge in [-0.25, -0.2) is 8.42 Å². The van der Waals surface area contributed by atoms with E-state index in [4.69, 9.17) is 4.74 Å². The first-order valence-corrected chi connectivity index (χ1v) is 12.0. The second-order valence-electron chi connectivity index (χ2n) is 7.55. The summed E-state index contributed by atoms with van der Waals surface area (Å²) in [4.78, 5) is 27.2. The molecule has 1 aliphatic rings. The molecule has 2 aromatic carbocycles. The maximum absolute atomic E-state index is 13.4. The van der Waals surface area contributed by atoms with Crippen LogP contribution in [0.1, 0.15) is 25.3 Å². The molecule has 3 rings (SSSR count). The number of carbonyl (C=O) groups excluding carboxylic acids is 2. The number of rotatable bonds is 8. The van der Waals surface area contributed by atoms with Gasteiger partial charge in [0.05, 0.1) is 17.4 Å². The van der Waals surface area contributed by atoms with Gasteiger partial charge in [-0.2, -0.15) is 4.72 Å². The molecule has 0 bridgehead atoms. The molecule has 2 atom stereocenters. The average Bonchev–Trinajstić information content (AvgIpc) is 2.79. The van der Waals surface area contributed by atoms with E-state index in [0.29, 0.717) is 19.4 Å². The molecule has 0 aliphatic carbocycles. The number of ether oxygens (including phenoxy) is 1. The first kappa shape index (κ1) is 23.0. The van der Waals surface area contributed by atoms with Crippen molar-refractivity contribution in [2.24, 2.45) is 5.92 Å². The van der Waals surface area contributed by atoms with E-state index in [1.807, 2.05) is 30.3 Å². The van der Waals surface area contributed by atoms with Crippen LogP contribution in [0.5, 0.6) is 0 Å². The third kappa shape index (κ3) is 6.15. The van der Waals surface area contributed by atoms with Gasteiger partial charge >= 0.3 is 5.97 Å². The molecule has 7 nitrogen and oxygen atoms in total. The Labute approximate surface area is 183 Å². The topological polar surface area (TPSA) is 92.8 Å². The molecule has 0 radical (unpaired) electrons.